The molecule has 2 heterocycles. The Labute approximate surface area is 216 Å². The van der Waals surface area contributed by atoms with E-state index in [0.29, 0.717) is 41.6 Å². The van der Waals surface area contributed by atoms with Crippen LogP contribution in [0.5, 0.6) is 11.5 Å². The fourth-order valence-corrected chi connectivity index (χ4v) is 4.78. The molecule has 1 N–H and O–H groups in total. The number of carbonyl (C=O) groups is 3. The Kier molecular flexibility index (Phi) is 7.77. The van der Waals surface area contributed by atoms with Crippen LogP contribution in [0.4, 0.5) is 10.8 Å². The van der Waals surface area contributed by atoms with Crippen LogP contribution < -0.4 is 14.8 Å². The van der Waals surface area contributed by atoms with Crippen molar-refractivity contribution in [1.82, 2.24) is 9.88 Å². The van der Waals surface area contributed by atoms with E-state index in [9.17, 15) is 24.5 Å². The van der Waals surface area contributed by atoms with Gasteiger partial charge in [0, 0.05) is 30.0 Å². The number of amides is 3. The number of nitro benzene ring substituents is 1. The van der Waals surface area contributed by atoms with Gasteiger partial charge >= 0.3 is 0 Å². The van der Waals surface area contributed by atoms with E-state index in [1.54, 1.807) is 20.3 Å². The number of hydrogen-bond acceptors (Lipinski definition) is 9. The molecule has 2 aromatic carbocycles. The monoisotopic (exact) mass is 524 g/mol. The Balaban J connectivity index is 1.24. The highest BCUT2D eigenvalue weighted by Gasteiger charge is 2.40. The van der Waals surface area contributed by atoms with E-state index in [4.69, 9.17) is 9.47 Å². The summed E-state index contributed by atoms with van der Waals surface area (Å²) in [5.41, 5.74) is 1.05. The minimum Gasteiger partial charge on any atom is -0.493 e. The van der Waals surface area contributed by atoms with Crippen LogP contribution in [0.25, 0.3) is 11.3 Å². The van der Waals surface area contributed by atoms with Gasteiger partial charge in [0.15, 0.2) is 16.6 Å². The molecule has 192 valence electrons. The normalized spacial score (nSPS) is 12.4. The van der Waals surface area contributed by atoms with Gasteiger partial charge in [0.05, 0.1) is 30.4 Å². The minimum absolute atomic E-state index is 0.0504. The average molecular weight is 525 g/mol. The summed E-state index contributed by atoms with van der Waals surface area (Å²) in [5, 5.41) is 16.3. The largest absolute Gasteiger partial charge is 0.493 e. The highest BCUT2D eigenvalue weighted by Crippen LogP contribution is 2.34. The van der Waals surface area contributed by atoms with Gasteiger partial charge in [-0.05, 0) is 37.1 Å². The van der Waals surface area contributed by atoms with Crippen molar-refractivity contribution in [3.05, 3.63) is 63.0 Å². The minimum atomic E-state index is -0.661. The smallest absolute Gasteiger partial charge is 0.282 e. The van der Waals surface area contributed by atoms with E-state index in [1.807, 2.05) is 17.5 Å². The van der Waals surface area contributed by atoms with Crippen molar-refractivity contribution in [1.29, 1.82) is 0 Å². The number of carbonyl (C=O) groups excluding carboxylic acids is 3. The average Bonchev–Trinajstić information content (AvgIpc) is 3.46. The quantitative estimate of drug-likeness (QED) is 0.167. The van der Waals surface area contributed by atoms with Gasteiger partial charge in [-0.3, -0.25) is 29.4 Å². The summed E-state index contributed by atoms with van der Waals surface area (Å²) in [4.78, 5) is 53.5. The number of nitro groups is 1. The van der Waals surface area contributed by atoms with Gasteiger partial charge in [-0.15, -0.1) is 11.3 Å². The van der Waals surface area contributed by atoms with Gasteiger partial charge in [0.2, 0.25) is 5.91 Å². The molecule has 37 heavy (non-hydrogen) atoms. The fourth-order valence-electron chi connectivity index (χ4n) is 4.04. The second-order valence-electron chi connectivity index (χ2n) is 8.19. The molecule has 0 spiro atoms. The first-order valence-corrected chi connectivity index (χ1v) is 12.3. The predicted octanol–water partition coefficient (Wildman–Crippen LogP) is 4.53. The van der Waals surface area contributed by atoms with Crippen LogP contribution in [0.3, 0.4) is 0 Å². The molecule has 12 heteroatoms. The highest BCUT2D eigenvalue weighted by atomic mass is 32.1. The second kappa shape index (κ2) is 11.2. The third-order valence-electron chi connectivity index (χ3n) is 5.89. The van der Waals surface area contributed by atoms with E-state index < -0.39 is 16.7 Å². The van der Waals surface area contributed by atoms with Crippen molar-refractivity contribution in [3.8, 4) is 22.8 Å². The van der Waals surface area contributed by atoms with Gasteiger partial charge in [-0.2, -0.15) is 0 Å². The lowest BCUT2D eigenvalue weighted by atomic mass is 10.1. The zero-order valence-electron chi connectivity index (χ0n) is 20.2. The number of rotatable bonds is 11. The van der Waals surface area contributed by atoms with Crippen molar-refractivity contribution in [2.45, 2.75) is 25.7 Å². The number of hydrogen-bond donors (Lipinski definition) is 1. The van der Waals surface area contributed by atoms with Crippen molar-refractivity contribution in [3.63, 3.8) is 0 Å². The maximum Gasteiger partial charge on any atom is 0.282 e. The molecule has 0 bridgehead atoms. The lowest BCUT2D eigenvalue weighted by molar-refractivity contribution is -0.385. The molecule has 0 saturated carbocycles. The Hall–Kier alpha value is -4.32. The van der Waals surface area contributed by atoms with E-state index in [-0.39, 0.29) is 35.7 Å². The zero-order chi connectivity index (χ0) is 26.5. The van der Waals surface area contributed by atoms with Crippen molar-refractivity contribution in [2.24, 2.45) is 0 Å². The molecule has 0 fully saturated rings. The van der Waals surface area contributed by atoms with Crippen LogP contribution in [0.1, 0.15) is 46.4 Å². The molecular formula is C25H24N4O7S. The summed E-state index contributed by atoms with van der Waals surface area (Å²) in [6, 6.07) is 9.48. The van der Waals surface area contributed by atoms with Crippen molar-refractivity contribution < 1.29 is 28.8 Å². The molecular weight excluding hydrogens is 500 g/mol. The van der Waals surface area contributed by atoms with Crippen LogP contribution >= 0.6 is 11.3 Å². The number of anilines is 1. The number of aromatic nitrogens is 1. The molecule has 3 amide bonds. The maximum atomic E-state index is 12.6. The fraction of sp³-hybridized carbons (Fsp3) is 0.280. The highest BCUT2D eigenvalue weighted by molar-refractivity contribution is 7.14. The Morgan fingerprint density at radius 2 is 1.86 bits per heavy atom. The van der Waals surface area contributed by atoms with Crippen LogP contribution in [-0.2, 0) is 4.79 Å². The molecule has 3 aromatic rings. The van der Waals surface area contributed by atoms with Gasteiger partial charge in [-0.1, -0.05) is 12.5 Å². The molecule has 1 aliphatic heterocycles. The summed E-state index contributed by atoms with van der Waals surface area (Å²) >= 11 is 1.31. The summed E-state index contributed by atoms with van der Waals surface area (Å²) in [5.74, 6) is -0.184. The van der Waals surface area contributed by atoms with E-state index in [2.05, 4.69) is 10.3 Å². The summed E-state index contributed by atoms with van der Waals surface area (Å²) in [6.07, 6.45) is 1.87. The number of imide groups is 1. The Bertz CT molecular complexity index is 1370. The molecule has 0 aliphatic carbocycles. The third kappa shape index (κ3) is 5.43. The molecule has 0 unspecified atom stereocenters. The SMILES string of the molecule is COc1ccc(-c2csc(NC(=O)CCCCCN3C(=O)c4cccc([N+](=O)[O-])c4C3=O)n2)cc1OC. The molecule has 1 aromatic heterocycles. The topological polar surface area (TPSA) is 141 Å². The number of ether oxygens (including phenoxy) is 2. The number of methoxy groups -OCH3 is 2. The summed E-state index contributed by atoms with van der Waals surface area (Å²) < 4.78 is 10.6. The maximum absolute atomic E-state index is 12.6. The molecule has 11 nitrogen and oxygen atoms in total. The van der Waals surface area contributed by atoms with E-state index in [1.165, 1.54) is 29.5 Å². The standard InChI is InChI=1S/C25H24N4O7S/c1-35-19-11-10-15(13-20(19)36-2)17-14-37-25(26-17)27-21(30)9-4-3-5-12-28-23(31)16-7-6-8-18(29(33)34)22(16)24(28)32/h6-8,10-11,13-14H,3-5,9,12H2,1-2H3,(H,26,27,30). The predicted molar refractivity (Wildman–Crippen MR) is 136 cm³/mol. The Morgan fingerprint density at radius 3 is 2.59 bits per heavy atom. The van der Waals surface area contributed by atoms with E-state index >= 15 is 0 Å². The Morgan fingerprint density at radius 1 is 1.08 bits per heavy atom. The molecule has 4 rings (SSSR count). The number of benzene rings is 2. The van der Waals surface area contributed by atoms with E-state index in [0.717, 1.165) is 10.5 Å². The zero-order valence-corrected chi connectivity index (χ0v) is 21.0. The number of nitrogens with zero attached hydrogens (tertiary/aromatic N) is 3. The van der Waals surface area contributed by atoms with Crippen molar-refractivity contribution >= 4 is 39.9 Å². The van der Waals surface area contributed by atoms with Gasteiger partial charge in [0.1, 0.15) is 5.56 Å². The molecule has 1 aliphatic rings. The van der Waals surface area contributed by atoms with Crippen LogP contribution in [0.2, 0.25) is 0 Å². The first-order valence-electron chi connectivity index (χ1n) is 11.5. The second-order valence-corrected chi connectivity index (χ2v) is 9.04. The molecule has 0 radical (unpaired) electrons. The molecule has 0 atom stereocenters. The third-order valence-corrected chi connectivity index (χ3v) is 6.65. The molecule has 0 saturated heterocycles. The van der Waals surface area contributed by atoms with Gasteiger partial charge in [-0.25, -0.2) is 4.98 Å². The first-order chi connectivity index (χ1) is 17.8. The number of fused-ring (bicyclic) bond motifs is 1. The van der Waals surface area contributed by atoms with Gasteiger partial charge in [0.25, 0.3) is 17.5 Å². The number of nitrogens with one attached hydrogen (secondary N) is 1. The number of unbranched alkanes of at least 4 members (excludes halogenated alkanes) is 2. The lowest BCUT2D eigenvalue weighted by Gasteiger charge is -2.13. The van der Waals surface area contributed by atoms with Crippen LogP contribution in [0.15, 0.2) is 41.8 Å². The van der Waals surface area contributed by atoms with Gasteiger partial charge < -0.3 is 14.8 Å². The lowest BCUT2D eigenvalue weighted by Crippen LogP contribution is -2.30. The summed E-state index contributed by atoms with van der Waals surface area (Å²) in [6.45, 7) is 0.131. The number of thiazole rings is 1. The first kappa shape index (κ1) is 25.8. The van der Waals surface area contributed by atoms with Crippen LogP contribution in [-0.4, -0.2) is 53.3 Å². The summed E-state index contributed by atoms with van der Waals surface area (Å²) in [7, 11) is 3.12. The van der Waals surface area contributed by atoms with Crippen LogP contribution in [0, 0.1) is 10.1 Å². The van der Waals surface area contributed by atoms with Crippen molar-refractivity contribution in [2.75, 3.05) is 26.1 Å².